The van der Waals surface area contributed by atoms with Crippen molar-refractivity contribution in [3.05, 3.63) is 57.2 Å². The third-order valence-electron chi connectivity index (χ3n) is 4.53. The smallest absolute Gasteiger partial charge is 0.425 e. The van der Waals surface area contributed by atoms with E-state index in [0.29, 0.717) is 17.7 Å². The molecule has 3 aromatic rings. The molecule has 10 nitrogen and oxygen atoms in total. The Bertz CT molecular complexity index is 1280. The zero-order valence-corrected chi connectivity index (χ0v) is 18.4. The van der Waals surface area contributed by atoms with E-state index in [0.717, 1.165) is 4.57 Å². The summed E-state index contributed by atoms with van der Waals surface area (Å²) in [5.41, 5.74) is -1.56. The Hall–Kier alpha value is -3.52. The zero-order valence-electron chi connectivity index (χ0n) is 17.6. The molecule has 0 aliphatic carbocycles. The fourth-order valence-corrected chi connectivity index (χ4v) is 2.94. The van der Waals surface area contributed by atoms with Gasteiger partial charge in [-0.2, -0.15) is 22.8 Å². The van der Waals surface area contributed by atoms with Crippen molar-refractivity contribution in [3.8, 4) is 11.7 Å². The first kappa shape index (κ1) is 25.1. The summed E-state index contributed by atoms with van der Waals surface area (Å²) in [6, 6.07) is 1.87. The molecule has 0 saturated heterocycles. The van der Waals surface area contributed by atoms with Crippen LogP contribution in [-0.2, 0) is 13.2 Å². The number of aromatic nitrogens is 5. The van der Waals surface area contributed by atoms with E-state index in [2.05, 4.69) is 20.4 Å². The third-order valence-corrected chi connectivity index (χ3v) is 4.84. The molecule has 3 rings (SSSR count). The molecule has 0 unspecified atom stereocenters. The van der Waals surface area contributed by atoms with E-state index in [1.807, 2.05) is 0 Å². The number of pyridine rings is 2. The van der Waals surface area contributed by atoms with E-state index in [9.17, 15) is 32.3 Å². The number of anilines is 1. The molecule has 0 fully saturated rings. The van der Waals surface area contributed by atoms with Crippen molar-refractivity contribution in [3.63, 3.8) is 0 Å². The van der Waals surface area contributed by atoms with E-state index in [-0.39, 0.29) is 23.1 Å². The molecular formula is C19H17ClF4N6O4. The standard InChI is InChI=1S/C19H17ClF4N6O4/c1-3-29-14(8-31)28-30(18(29)33)15-12(21)6-10(17(27-15)34-9(2)19(22,23)24)16(32)26-13-4-5-25-7-11(13)20/h4-7,9,31H,3,8H2,1-2H3,(H,25,26,32)/t9-/m0/s1. The first-order valence-corrected chi connectivity index (χ1v) is 10.00. The van der Waals surface area contributed by atoms with Gasteiger partial charge < -0.3 is 15.2 Å². The summed E-state index contributed by atoms with van der Waals surface area (Å²) >= 11 is 5.92. The number of alkyl halides is 3. The van der Waals surface area contributed by atoms with Gasteiger partial charge in [-0.3, -0.25) is 14.3 Å². The number of nitrogens with one attached hydrogen (secondary N) is 1. The molecule has 182 valence electrons. The number of hydrogen-bond acceptors (Lipinski definition) is 7. The molecule has 0 bridgehead atoms. The lowest BCUT2D eigenvalue weighted by Gasteiger charge is -2.19. The number of amides is 1. The summed E-state index contributed by atoms with van der Waals surface area (Å²) in [6.07, 6.45) is -4.78. The fourth-order valence-electron chi connectivity index (χ4n) is 2.77. The van der Waals surface area contributed by atoms with Crippen molar-refractivity contribution in [1.29, 1.82) is 0 Å². The van der Waals surface area contributed by atoms with E-state index in [4.69, 9.17) is 16.3 Å². The Morgan fingerprint density at radius 2 is 2.09 bits per heavy atom. The summed E-state index contributed by atoms with van der Waals surface area (Å²) in [5, 5.41) is 15.5. The summed E-state index contributed by atoms with van der Waals surface area (Å²) in [6.45, 7) is 1.62. The third kappa shape index (κ3) is 5.02. The molecule has 2 N–H and O–H groups in total. The van der Waals surface area contributed by atoms with Gasteiger partial charge in [-0.15, -0.1) is 5.10 Å². The van der Waals surface area contributed by atoms with Gasteiger partial charge in [0.1, 0.15) is 12.2 Å². The van der Waals surface area contributed by atoms with Crippen LogP contribution in [0.25, 0.3) is 5.82 Å². The number of hydrogen-bond donors (Lipinski definition) is 2. The second kappa shape index (κ2) is 9.77. The van der Waals surface area contributed by atoms with Crippen LogP contribution in [0.5, 0.6) is 5.88 Å². The van der Waals surface area contributed by atoms with Crippen molar-refractivity contribution in [2.45, 2.75) is 39.3 Å². The number of nitrogens with zero attached hydrogens (tertiary/aromatic N) is 5. The Balaban J connectivity index is 2.14. The minimum atomic E-state index is -4.84. The van der Waals surface area contributed by atoms with Crippen LogP contribution in [0.2, 0.25) is 5.02 Å². The maximum absolute atomic E-state index is 15.0. The lowest BCUT2D eigenvalue weighted by atomic mass is 10.2. The van der Waals surface area contributed by atoms with Crippen LogP contribution in [0, 0.1) is 5.82 Å². The number of aliphatic hydroxyl groups excluding tert-OH is 1. The van der Waals surface area contributed by atoms with Gasteiger partial charge in [0.2, 0.25) is 5.88 Å². The minimum Gasteiger partial charge on any atom is -0.464 e. The average molecular weight is 505 g/mol. The summed E-state index contributed by atoms with van der Waals surface area (Å²) in [4.78, 5) is 32.7. The number of rotatable bonds is 7. The normalized spacial score (nSPS) is 12.5. The van der Waals surface area contributed by atoms with Gasteiger partial charge in [0.05, 0.1) is 10.7 Å². The molecule has 1 amide bonds. The van der Waals surface area contributed by atoms with Crippen molar-refractivity contribution < 1.29 is 32.2 Å². The van der Waals surface area contributed by atoms with Crippen LogP contribution in [0.4, 0.5) is 23.2 Å². The quantitative estimate of drug-likeness (QED) is 0.474. The Kier molecular flexibility index (Phi) is 7.21. The molecule has 34 heavy (non-hydrogen) atoms. The molecule has 0 aromatic carbocycles. The lowest BCUT2D eigenvalue weighted by molar-refractivity contribution is -0.190. The molecule has 3 heterocycles. The summed E-state index contributed by atoms with van der Waals surface area (Å²) in [7, 11) is 0. The lowest BCUT2D eigenvalue weighted by Crippen LogP contribution is -2.33. The predicted octanol–water partition coefficient (Wildman–Crippen LogP) is 2.71. The molecule has 0 spiro atoms. The average Bonchev–Trinajstić information content (AvgIpc) is 3.10. The van der Waals surface area contributed by atoms with Crippen LogP contribution in [0.3, 0.4) is 0 Å². The largest absolute Gasteiger partial charge is 0.464 e. The molecular weight excluding hydrogens is 488 g/mol. The van der Waals surface area contributed by atoms with Crippen molar-refractivity contribution >= 4 is 23.2 Å². The highest BCUT2D eigenvalue weighted by Gasteiger charge is 2.39. The van der Waals surface area contributed by atoms with Gasteiger partial charge in [0, 0.05) is 18.9 Å². The summed E-state index contributed by atoms with van der Waals surface area (Å²) < 4.78 is 60.7. The Morgan fingerprint density at radius 1 is 1.38 bits per heavy atom. The topological polar surface area (TPSA) is 124 Å². The maximum Gasteiger partial charge on any atom is 0.425 e. The second-order valence-corrected chi connectivity index (χ2v) is 7.18. The van der Waals surface area contributed by atoms with E-state index < -0.39 is 53.6 Å². The molecule has 15 heteroatoms. The SMILES string of the molecule is CCn1c(CO)nn(-c2nc(O[C@@H](C)C(F)(F)F)c(C(=O)Nc3ccncc3Cl)cc2F)c1=O. The number of carbonyl (C=O) groups is 1. The van der Waals surface area contributed by atoms with Crippen LogP contribution >= 0.6 is 11.6 Å². The van der Waals surface area contributed by atoms with E-state index in [1.54, 1.807) is 6.92 Å². The van der Waals surface area contributed by atoms with Crippen molar-refractivity contribution in [2.24, 2.45) is 0 Å². The maximum atomic E-state index is 15.0. The van der Waals surface area contributed by atoms with Crippen molar-refractivity contribution in [2.75, 3.05) is 5.32 Å². The van der Waals surface area contributed by atoms with Gasteiger partial charge in [-0.25, -0.2) is 9.18 Å². The van der Waals surface area contributed by atoms with Crippen LogP contribution in [-0.4, -0.2) is 47.6 Å². The number of halogens is 5. The van der Waals surface area contributed by atoms with Crippen LogP contribution < -0.4 is 15.7 Å². The monoisotopic (exact) mass is 504 g/mol. The van der Waals surface area contributed by atoms with E-state index in [1.165, 1.54) is 18.5 Å². The Labute approximate surface area is 193 Å². The molecule has 1 atom stereocenters. The molecule has 0 radical (unpaired) electrons. The van der Waals surface area contributed by atoms with Crippen LogP contribution in [0.15, 0.2) is 29.3 Å². The molecule has 0 saturated carbocycles. The molecule has 0 aliphatic rings. The van der Waals surface area contributed by atoms with Gasteiger partial charge in [-0.1, -0.05) is 11.6 Å². The van der Waals surface area contributed by atoms with Gasteiger partial charge in [-0.05, 0) is 26.0 Å². The molecule has 0 aliphatic heterocycles. The second-order valence-electron chi connectivity index (χ2n) is 6.77. The van der Waals surface area contributed by atoms with Crippen LogP contribution in [0.1, 0.15) is 30.0 Å². The number of aliphatic hydroxyl groups is 1. The summed E-state index contributed by atoms with van der Waals surface area (Å²) in [5.74, 6) is -4.21. The highest BCUT2D eigenvalue weighted by molar-refractivity contribution is 6.33. The van der Waals surface area contributed by atoms with Crippen molar-refractivity contribution in [1.82, 2.24) is 24.3 Å². The van der Waals surface area contributed by atoms with Gasteiger partial charge in [0.25, 0.3) is 5.91 Å². The number of carbonyl (C=O) groups excluding carboxylic acids is 1. The first-order chi connectivity index (χ1) is 16.0. The Morgan fingerprint density at radius 3 is 2.65 bits per heavy atom. The zero-order chi connectivity index (χ0) is 25.2. The first-order valence-electron chi connectivity index (χ1n) is 9.62. The fraction of sp³-hybridized carbons (Fsp3) is 0.316. The van der Waals surface area contributed by atoms with Gasteiger partial charge >= 0.3 is 11.9 Å². The minimum absolute atomic E-state index is 0.0141. The van der Waals surface area contributed by atoms with E-state index >= 15 is 0 Å². The molecule has 3 aromatic heterocycles. The van der Waals surface area contributed by atoms with Gasteiger partial charge in [0.15, 0.2) is 23.6 Å². The number of ether oxygens (including phenoxy) is 1. The highest BCUT2D eigenvalue weighted by atomic mass is 35.5. The predicted molar refractivity (Wildman–Crippen MR) is 111 cm³/mol. The highest BCUT2D eigenvalue weighted by Crippen LogP contribution is 2.29.